The number of carbonyl (C=O) groups is 1. The number of piperazine rings is 1. The second-order valence-electron chi connectivity index (χ2n) is 5.42. The zero-order chi connectivity index (χ0) is 14.7. The number of rotatable bonds is 3. The van der Waals surface area contributed by atoms with Crippen LogP contribution in [0.1, 0.15) is 29.8 Å². The Hall–Kier alpha value is -1.07. The molecule has 1 aliphatic heterocycles. The van der Waals surface area contributed by atoms with E-state index in [0.717, 1.165) is 0 Å². The monoisotopic (exact) mass is 296 g/mol. The van der Waals surface area contributed by atoms with Crippen LogP contribution in [0.2, 0.25) is 0 Å². The number of nitrogens with zero attached hydrogens (tertiary/aromatic N) is 1. The van der Waals surface area contributed by atoms with Crippen molar-refractivity contribution in [2.75, 3.05) is 19.3 Å². The van der Waals surface area contributed by atoms with E-state index < -0.39 is 0 Å². The number of hydrogen-bond acceptors (Lipinski definition) is 3. The Bertz CT molecular complexity index is 485. The van der Waals surface area contributed by atoms with Crippen LogP contribution in [0.4, 0.5) is 4.39 Å². The summed E-state index contributed by atoms with van der Waals surface area (Å²) in [7, 11) is 0. The summed E-state index contributed by atoms with van der Waals surface area (Å²) in [6, 6.07) is 5.24. The first-order valence-electron chi connectivity index (χ1n) is 6.84. The van der Waals surface area contributed by atoms with Gasteiger partial charge in [0, 0.05) is 36.5 Å². The van der Waals surface area contributed by atoms with Gasteiger partial charge in [-0.15, -0.1) is 0 Å². The number of benzene rings is 1. The second kappa shape index (κ2) is 6.59. The predicted molar refractivity (Wildman–Crippen MR) is 81.6 cm³/mol. The maximum absolute atomic E-state index is 13.6. The molecule has 1 N–H and O–H groups in total. The number of thioether (sulfide) groups is 1. The lowest BCUT2D eigenvalue weighted by atomic mass is 10.1. The lowest BCUT2D eigenvalue weighted by molar-refractivity contribution is 0.0673. The van der Waals surface area contributed by atoms with Gasteiger partial charge in [0.25, 0.3) is 5.91 Å². The molecule has 0 unspecified atom stereocenters. The van der Waals surface area contributed by atoms with Gasteiger partial charge in [-0.2, -0.15) is 11.8 Å². The molecule has 110 valence electrons. The highest BCUT2D eigenvalue weighted by Gasteiger charge is 2.25. The molecule has 2 rings (SSSR count). The Balaban J connectivity index is 2.18. The van der Waals surface area contributed by atoms with Gasteiger partial charge >= 0.3 is 0 Å². The number of carbonyl (C=O) groups excluding carboxylic acids is 1. The van der Waals surface area contributed by atoms with E-state index in [1.54, 1.807) is 23.9 Å². The van der Waals surface area contributed by atoms with Crippen molar-refractivity contribution in [1.29, 1.82) is 0 Å². The van der Waals surface area contributed by atoms with E-state index in [1.165, 1.54) is 6.07 Å². The minimum absolute atomic E-state index is 0.00690. The normalized spacial score (nSPS) is 22.9. The molecule has 1 amide bonds. The van der Waals surface area contributed by atoms with Gasteiger partial charge < -0.3 is 10.2 Å². The molecular weight excluding hydrogens is 275 g/mol. The summed E-state index contributed by atoms with van der Waals surface area (Å²) in [4.78, 5) is 14.4. The molecule has 1 fully saturated rings. The molecule has 0 bridgehead atoms. The number of hydrogen-bond donors (Lipinski definition) is 1. The minimum Gasteiger partial charge on any atom is -0.336 e. The molecular formula is C15H21FN2OS. The summed E-state index contributed by atoms with van der Waals surface area (Å²) >= 11 is 1.55. The third kappa shape index (κ3) is 3.52. The van der Waals surface area contributed by atoms with E-state index in [-0.39, 0.29) is 23.8 Å². The smallest absolute Gasteiger partial charge is 0.253 e. The van der Waals surface area contributed by atoms with Gasteiger partial charge in [0.05, 0.1) is 0 Å². The van der Waals surface area contributed by atoms with Crippen LogP contribution in [-0.2, 0) is 5.75 Å². The Kier molecular flexibility index (Phi) is 5.05. The van der Waals surface area contributed by atoms with Gasteiger partial charge in [-0.3, -0.25) is 4.79 Å². The third-order valence-corrected chi connectivity index (χ3v) is 4.04. The summed E-state index contributed by atoms with van der Waals surface area (Å²) < 4.78 is 13.6. The molecule has 1 aliphatic rings. The fraction of sp³-hybridized carbons (Fsp3) is 0.533. The van der Waals surface area contributed by atoms with Crippen LogP contribution in [0.15, 0.2) is 18.2 Å². The van der Waals surface area contributed by atoms with E-state index in [4.69, 9.17) is 0 Å². The van der Waals surface area contributed by atoms with Crippen LogP contribution in [0.3, 0.4) is 0 Å². The largest absolute Gasteiger partial charge is 0.336 e. The zero-order valence-electron chi connectivity index (χ0n) is 12.1. The molecule has 1 heterocycles. The van der Waals surface area contributed by atoms with Crippen LogP contribution < -0.4 is 5.32 Å². The van der Waals surface area contributed by atoms with Crippen molar-refractivity contribution < 1.29 is 9.18 Å². The average molecular weight is 296 g/mol. The molecule has 0 aromatic heterocycles. The molecule has 3 nitrogen and oxygen atoms in total. The van der Waals surface area contributed by atoms with Crippen LogP contribution in [-0.4, -0.2) is 42.2 Å². The van der Waals surface area contributed by atoms with Gasteiger partial charge in [0.2, 0.25) is 0 Å². The highest BCUT2D eigenvalue weighted by atomic mass is 32.2. The molecule has 0 radical (unpaired) electrons. The second-order valence-corrected chi connectivity index (χ2v) is 6.28. The number of amides is 1. The lowest BCUT2D eigenvalue weighted by Gasteiger charge is -2.36. The first-order chi connectivity index (χ1) is 9.51. The van der Waals surface area contributed by atoms with Crippen molar-refractivity contribution in [3.8, 4) is 0 Å². The molecule has 5 heteroatoms. The van der Waals surface area contributed by atoms with Crippen molar-refractivity contribution >= 4 is 17.7 Å². The topological polar surface area (TPSA) is 32.3 Å². The van der Waals surface area contributed by atoms with Crippen LogP contribution >= 0.6 is 11.8 Å². The maximum Gasteiger partial charge on any atom is 0.253 e. The standard InChI is InChI=1S/C15H21FN2OS/c1-10-7-18(8-11(2)17-10)15(19)12-4-5-14(16)13(6-12)9-20-3/h4-6,10-11,17H,7-9H2,1-3H3/t10-,11-/m0/s1. The maximum atomic E-state index is 13.6. The fourth-order valence-corrected chi connectivity index (χ4v) is 3.18. The first kappa shape index (κ1) is 15.3. The predicted octanol–water partition coefficient (Wildman–Crippen LogP) is 2.51. The quantitative estimate of drug-likeness (QED) is 0.930. The van der Waals surface area contributed by atoms with E-state index in [1.807, 2.05) is 11.2 Å². The summed E-state index contributed by atoms with van der Waals surface area (Å²) in [5, 5.41) is 3.40. The number of nitrogens with one attached hydrogen (secondary N) is 1. The van der Waals surface area contributed by atoms with Crippen molar-refractivity contribution in [2.24, 2.45) is 0 Å². The molecule has 20 heavy (non-hydrogen) atoms. The van der Waals surface area contributed by atoms with Gasteiger partial charge in [-0.1, -0.05) is 0 Å². The summed E-state index contributed by atoms with van der Waals surface area (Å²) in [6.45, 7) is 5.52. The first-order valence-corrected chi connectivity index (χ1v) is 8.23. The molecule has 2 atom stereocenters. The Morgan fingerprint density at radius 2 is 2.05 bits per heavy atom. The van der Waals surface area contributed by atoms with E-state index in [0.29, 0.717) is 30.0 Å². The lowest BCUT2D eigenvalue weighted by Crippen LogP contribution is -2.55. The SMILES string of the molecule is CSCc1cc(C(=O)N2C[C@H](C)N[C@@H](C)C2)ccc1F. The summed E-state index contributed by atoms with van der Waals surface area (Å²) in [5.41, 5.74) is 1.18. The molecule has 0 aliphatic carbocycles. The fourth-order valence-electron chi connectivity index (χ4n) is 2.65. The Morgan fingerprint density at radius 1 is 1.40 bits per heavy atom. The van der Waals surface area contributed by atoms with Crippen LogP contribution in [0, 0.1) is 5.82 Å². The Morgan fingerprint density at radius 3 is 2.65 bits per heavy atom. The van der Waals surface area contributed by atoms with Crippen LogP contribution in [0.5, 0.6) is 0 Å². The van der Waals surface area contributed by atoms with Gasteiger partial charge in [0.15, 0.2) is 0 Å². The highest BCUT2D eigenvalue weighted by Crippen LogP contribution is 2.18. The van der Waals surface area contributed by atoms with E-state index in [2.05, 4.69) is 19.2 Å². The molecule has 1 saturated heterocycles. The molecule has 1 aromatic carbocycles. The molecule has 1 aromatic rings. The Labute approximate surface area is 123 Å². The molecule has 0 saturated carbocycles. The van der Waals surface area contributed by atoms with E-state index >= 15 is 0 Å². The van der Waals surface area contributed by atoms with Gasteiger partial charge in [-0.05, 0) is 43.9 Å². The van der Waals surface area contributed by atoms with Gasteiger partial charge in [0.1, 0.15) is 5.82 Å². The van der Waals surface area contributed by atoms with E-state index in [9.17, 15) is 9.18 Å². The minimum atomic E-state index is -0.238. The van der Waals surface area contributed by atoms with Crippen molar-refractivity contribution in [2.45, 2.75) is 31.7 Å². The van der Waals surface area contributed by atoms with Crippen LogP contribution in [0.25, 0.3) is 0 Å². The highest BCUT2D eigenvalue weighted by molar-refractivity contribution is 7.97. The number of halogens is 1. The third-order valence-electron chi connectivity index (χ3n) is 3.44. The summed E-state index contributed by atoms with van der Waals surface area (Å²) in [5.74, 6) is 0.340. The van der Waals surface area contributed by atoms with Gasteiger partial charge in [-0.25, -0.2) is 4.39 Å². The zero-order valence-corrected chi connectivity index (χ0v) is 13.0. The summed E-state index contributed by atoms with van der Waals surface area (Å²) in [6.07, 6.45) is 1.92. The van der Waals surface area contributed by atoms with Crippen molar-refractivity contribution in [1.82, 2.24) is 10.2 Å². The average Bonchev–Trinajstić information content (AvgIpc) is 2.39. The molecule has 0 spiro atoms. The van der Waals surface area contributed by atoms with Crippen molar-refractivity contribution in [3.63, 3.8) is 0 Å². The van der Waals surface area contributed by atoms with Crippen molar-refractivity contribution in [3.05, 3.63) is 35.1 Å².